The van der Waals surface area contributed by atoms with Gasteiger partial charge in [-0.1, -0.05) is 13.8 Å². The van der Waals surface area contributed by atoms with Crippen LogP contribution in [0.1, 0.15) is 71.6 Å². The molecular formula is C35H54O14. The summed E-state index contributed by atoms with van der Waals surface area (Å²) in [6.45, 7) is 3.61. The molecule has 14 nitrogen and oxygen atoms in total. The van der Waals surface area contributed by atoms with Crippen molar-refractivity contribution in [3.63, 3.8) is 0 Å². The highest BCUT2D eigenvalue weighted by atomic mass is 16.8. The monoisotopic (exact) mass is 698 g/mol. The summed E-state index contributed by atoms with van der Waals surface area (Å²) in [5.74, 6) is 0.596. The van der Waals surface area contributed by atoms with Crippen LogP contribution < -0.4 is 0 Å². The largest absolute Gasteiger partial charge is 0.458 e. The third-order valence-corrected chi connectivity index (χ3v) is 14.2. The average molecular weight is 699 g/mol. The molecule has 0 unspecified atom stereocenters. The van der Waals surface area contributed by atoms with Gasteiger partial charge < -0.3 is 64.5 Å². The normalized spacial score (nSPS) is 54.4. The standard InChI is InChI=1S/C35H54O14/c1-33-8-5-18(46-32-30(28(42)26(40)23(14-37)48-32)49-31-29(43)27(41)25(39)22(13-36)47-31)12-17(33)3-4-21-20(33)6-9-34(2)19(7-10-35(21,34)44)16-11-24(38)45-15-16/h11,17-23,25-32,36-37,39-44H,3-10,12-15H2,1-2H3/t17-,18-,19+,20-,21+,22+,23-,25+,26-,27+,28+,29-,30+,31+,32-,33-,34+,35-/m0/s1. The van der Waals surface area contributed by atoms with Gasteiger partial charge in [-0.15, -0.1) is 0 Å². The van der Waals surface area contributed by atoms with Gasteiger partial charge in [0, 0.05) is 11.5 Å². The second-order valence-electron chi connectivity index (χ2n) is 16.3. The predicted molar refractivity (Wildman–Crippen MR) is 167 cm³/mol. The Kier molecular flexibility index (Phi) is 9.80. The maximum absolute atomic E-state index is 12.5. The summed E-state index contributed by atoms with van der Waals surface area (Å²) in [6, 6.07) is 0. The minimum absolute atomic E-state index is 0.0351. The topological polar surface area (TPSA) is 225 Å². The molecule has 0 aromatic heterocycles. The second kappa shape index (κ2) is 13.3. The van der Waals surface area contributed by atoms with Crippen LogP contribution in [0.2, 0.25) is 0 Å². The Morgan fingerprint density at radius 2 is 1.47 bits per heavy atom. The van der Waals surface area contributed by atoms with Crippen molar-refractivity contribution in [1.29, 1.82) is 0 Å². The molecule has 0 aromatic rings. The lowest BCUT2D eigenvalue weighted by molar-refractivity contribution is -0.373. The number of cyclic esters (lactones) is 1. The number of carbonyl (C=O) groups is 1. The lowest BCUT2D eigenvalue weighted by atomic mass is 9.43. The van der Waals surface area contributed by atoms with Gasteiger partial charge >= 0.3 is 5.97 Å². The van der Waals surface area contributed by atoms with Crippen LogP contribution in [0.3, 0.4) is 0 Å². The van der Waals surface area contributed by atoms with Crippen LogP contribution in [0.5, 0.6) is 0 Å². The second-order valence-corrected chi connectivity index (χ2v) is 16.3. The zero-order valence-electron chi connectivity index (χ0n) is 28.3. The molecule has 0 aromatic carbocycles. The van der Waals surface area contributed by atoms with Crippen LogP contribution in [0.4, 0.5) is 0 Å². The number of hydrogen-bond donors (Lipinski definition) is 8. The van der Waals surface area contributed by atoms with Crippen LogP contribution in [-0.2, 0) is 28.5 Å². The van der Waals surface area contributed by atoms with E-state index in [1.807, 2.05) is 0 Å². The van der Waals surface area contributed by atoms with E-state index in [0.29, 0.717) is 37.7 Å². The number of carbonyl (C=O) groups excluding carboxylic acids is 1. The minimum Gasteiger partial charge on any atom is -0.458 e. The molecule has 3 aliphatic heterocycles. The van der Waals surface area contributed by atoms with E-state index in [2.05, 4.69) is 13.8 Å². The molecule has 0 radical (unpaired) electrons. The van der Waals surface area contributed by atoms with E-state index in [-0.39, 0.29) is 34.7 Å². The Labute approximate surface area is 285 Å². The lowest BCUT2D eigenvalue weighted by Crippen LogP contribution is -2.65. The molecule has 278 valence electrons. The fourth-order valence-corrected chi connectivity index (χ4v) is 11.3. The maximum atomic E-state index is 12.5. The van der Waals surface area contributed by atoms with E-state index in [9.17, 15) is 45.6 Å². The highest BCUT2D eigenvalue weighted by Gasteiger charge is 2.68. The lowest BCUT2D eigenvalue weighted by Gasteiger charge is -2.64. The molecule has 14 heteroatoms. The van der Waals surface area contributed by atoms with Crippen molar-refractivity contribution in [2.24, 2.45) is 34.5 Å². The quantitative estimate of drug-likeness (QED) is 0.121. The molecule has 8 N–H and O–H groups in total. The van der Waals surface area contributed by atoms with Gasteiger partial charge in [0.2, 0.25) is 0 Å². The number of aliphatic hydroxyl groups excluding tert-OH is 7. The smallest absolute Gasteiger partial charge is 0.331 e. The molecule has 2 saturated heterocycles. The molecule has 3 heterocycles. The average Bonchev–Trinajstić information content (AvgIpc) is 3.63. The van der Waals surface area contributed by atoms with Crippen molar-refractivity contribution in [1.82, 2.24) is 0 Å². The van der Waals surface area contributed by atoms with Crippen molar-refractivity contribution >= 4 is 5.97 Å². The van der Waals surface area contributed by atoms with Gasteiger partial charge in [0.15, 0.2) is 12.6 Å². The maximum Gasteiger partial charge on any atom is 0.331 e. The summed E-state index contributed by atoms with van der Waals surface area (Å²) in [4.78, 5) is 11.9. The molecule has 7 aliphatic rings. The molecule has 7 rings (SSSR count). The van der Waals surface area contributed by atoms with Crippen LogP contribution in [0.15, 0.2) is 11.6 Å². The molecule has 6 fully saturated rings. The van der Waals surface area contributed by atoms with Gasteiger partial charge in [0.25, 0.3) is 0 Å². The first-order chi connectivity index (χ1) is 23.3. The first-order valence-corrected chi connectivity index (χ1v) is 18.1. The summed E-state index contributed by atoms with van der Waals surface area (Å²) in [6.07, 6.45) is -6.20. The van der Waals surface area contributed by atoms with Gasteiger partial charge in [-0.2, -0.15) is 0 Å². The van der Waals surface area contributed by atoms with Crippen LogP contribution >= 0.6 is 0 Å². The van der Waals surface area contributed by atoms with Crippen molar-refractivity contribution in [2.45, 2.75) is 145 Å². The molecular weight excluding hydrogens is 644 g/mol. The van der Waals surface area contributed by atoms with Crippen molar-refractivity contribution in [3.8, 4) is 0 Å². The van der Waals surface area contributed by atoms with Gasteiger partial charge in [-0.3, -0.25) is 0 Å². The van der Waals surface area contributed by atoms with E-state index in [1.54, 1.807) is 6.08 Å². The summed E-state index contributed by atoms with van der Waals surface area (Å²) >= 11 is 0. The Bertz CT molecular complexity index is 1260. The number of aliphatic hydroxyl groups is 8. The summed E-state index contributed by atoms with van der Waals surface area (Å²) in [7, 11) is 0. The number of fused-ring (bicyclic) bond motifs is 5. The molecule has 0 amide bonds. The van der Waals surface area contributed by atoms with Gasteiger partial charge in [-0.25, -0.2) is 4.79 Å². The number of esters is 1. The van der Waals surface area contributed by atoms with Gasteiger partial charge in [0.05, 0.1) is 24.9 Å². The van der Waals surface area contributed by atoms with Crippen molar-refractivity contribution < 1.29 is 69.3 Å². The molecule has 0 spiro atoms. The van der Waals surface area contributed by atoms with Crippen molar-refractivity contribution in [2.75, 3.05) is 19.8 Å². The van der Waals surface area contributed by atoms with E-state index < -0.39 is 80.2 Å². The van der Waals surface area contributed by atoms with E-state index >= 15 is 0 Å². The third-order valence-electron chi connectivity index (χ3n) is 14.2. The van der Waals surface area contributed by atoms with Crippen LogP contribution in [0.25, 0.3) is 0 Å². The summed E-state index contributed by atoms with van der Waals surface area (Å²) in [5.41, 5.74) is -0.165. The highest BCUT2D eigenvalue weighted by Crippen LogP contribution is 2.70. The number of hydrogen-bond acceptors (Lipinski definition) is 14. The molecule has 49 heavy (non-hydrogen) atoms. The Morgan fingerprint density at radius 3 is 2.14 bits per heavy atom. The Morgan fingerprint density at radius 1 is 0.776 bits per heavy atom. The van der Waals surface area contributed by atoms with Crippen LogP contribution in [-0.4, -0.2) is 140 Å². The molecule has 0 bridgehead atoms. The molecule has 4 aliphatic carbocycles. The number of rotatable bonds is 7. The predicted octanol–water partition coefficient (Wildman–Crippen LogP) is -0.747. The Hall–Kier alpha value is -1.27. The van der Waals surface area contributed by atoms with E-state index in [4.69, 9.17) is 23.7 Å². The molecule has 18 atom stereocenters. The number of ether oxygens (including phenoxy) is 5. The first kappa shape index (κ1) is 36.1. The van der Waals surface area contributed by atoms with E-state index in [0.717, 1.165) is 44.1 Å². The summed E-state index contributed by atoms with van der Waals surface area (Å²) < 4.78 is 29.0. The fourth-order valence-electron chi connectivity index (χ4n) is 11.3. The zero-order chi connectivity index (χ0) is 35.0. The molecule has 4 saturated carbocycles. The van der Waals surface area contributed by atoms with E-state index in [1.165, 1.54) is 0 Å². The zero-order valence-corrected chi connectivity index (χ0v) is 28.3. The van der Waals surface area contributed by atoms with Gasteiger partial charge in [-0.05, 0) is 92.4 Å². The summed E-state index contributed by atoms with van der Waals surface area (Å²) in [5, 5.41) is 84.8. The highest BCUT2D eigenvalue weighted by molar-refractivity contribution is 5.85. The van der Waals surface area contributed by atoms with Gasteiger partial charge in [0.1, 0.15) is 55.4 Å². The van der Waals surface area contributed by atoms with Crippen molar-refractivity contribution in [3.05, 3.63) is 11.6 Å². The first-order valence-electron chi connectivity index (χ1n) is 18.1. The van der Waals surface area contributed by atoms with Crippen LogP contribution in [0, 0.1) is 34.5 Å². The SMILES string of the molecule is C[C@]12CC[C@H](O[C@H]3O[C@@H](CO)[C@H](O)[C@@H](O)[C@H]3O[C@H]3O[C@H](CO)[C@@H](O)[C@@H](O)[C@@H]3O)C[C@@H]1CC[C@@H]1[C@@H]2CC[C@]2(C)[C@@H](C3=CC(=O)OC3)CC[C@]12O. The Balaban J connectivity index is 1.05. The minimum atomic E-state index is -1.74. The fraction of sp³-hybridized carbons (Fsp3) is 0.914. The third kappa shape index (κ3) is 5.73.